The lowest BCUT2D eigenvalue weighted by molar-refractivity contribution is -0.130. The van der Waals surface area contributed by atoms with E-state index in [9.17, 15) is 4.79 Å². The Labute approximate surface area is 125 Å². The first-order chi connectivity index (χ1) is 9.97. The largest absolute Gasteiger partial charge is 0.332 e. The van der Waals surface area contributed by atoms with Gasteiger partial charge in [-0.25, -0.2) is 0 Å². The van der Waals surface area contributed by atoms with Crippen molar-refractivity contribution >= 4 is 16.8 Å². The molecule has 1 aliphatic rings. The Hall–Kier alpha value is -1.94. The minimum atomic E-state index is -0.143. The summed E-state index contributed by atoms with van der Waals surface area (Å²) in [6.45, 7) is 6.06. The zero-order valence-corrected chi connectivity index (χ0v) is 12.7. The number of carbonyl (C=O) groups is 1. The highest BCUT2D eigenvalue weighted by Gasteiger charge is 2.39. The van der Waals surface area contributed by atoms with Crippen molar-refractivity contribution in [1.29, 1.82) is 0 Å². The van der Waals surface area contributed by atoms with Crippen LogP contribution in [0, 0.1) is 6.92 Å². The highest BCUT2D eigenvalue weighted by atomic mass is 16.2. The maximum Gasteiger partial charge on any atom is 0.225 e. The van der Waals surface area contributed by atoms with Gasteiger partial charge in [0.2, 0.25) is 5.91 Å². The van der Waals surface area contributed by atoms with Gasteiger partial charge < -0.3 is 10.6 Å². The number of rotatable bonds is 2. The Morgan fingerprint density at radius 1 is 1.29 bits per heavy atom. The van der Waals surface area contributed by atoms with Crippen molar-refractivity contribution in [2.75, 3.05) is 0 Å². The monoisotopic (exact) mass is 283 g/mol. The SMILES string of the molecule is Cc1ccc2cc(C3C(N)CC(=O)N3C(C)C)ccc2n1. The summed E-state index contributed by atoms with van der Waals surface area (Å²) in [6.07, 6.45) is 0.424. The van der Waals surface area contributed by atoms with E-state index in [-0.39, 0.29) is 24.0 Å². The van der Waals surface area contributed by atoms with Crippen LogP contribution in [0.3, 0.4) is 0 Å². The first-order valence-electron chi connectivity index (χ1n) is 7.41. The average Bonchev–Trinajstić information content (AvgIpc) is 2.73. The van der Waals surface area contributed by atoms with Crippen LogP contribution >= 0.6 is 0 Å². The van der Waals surface area contributed by atoms with Gasteiger partial charge >= 0.3 is 0 Å². The summed E-state index contributed by atoms with van der Waals surface area (Å²) >= 11 is 0. The molecule has 1 aromatic heterocycles. The Bertz CT molecular complexity index is 695. The molecule has 0 spiro atoms. The normalized spacial score (nSPS) is 22.5. The number of amides is 1. The zero-order chi connectivity index (χ0) is 15.1. The molecule has 0 radical (unpaired) electrons. The van der Waals surface area contributed by atoms with Gasteiger partial charge in [0.1, 0.15) is 0 Å². The van der Waals surface area contributed by atoms with E-state index in [0.717, 1.165) is 22.2 Å². The molecule has 2 atom stereocenters. The van der Waals surface area contributed by atoms with E-state index >= 15 is 0 Å². The number of pyridine rings is 1. The Morgan fingerprint density at radius 3 is 2.76 bits per heavy atom. The van der Waals surface area contributed by atoms with E-state index < -0.39 is 0 Å². The van der Waals surface area contributed by atoms with E-state index in [1.165, 1.54) is 0 Å². The first kappa shape index (κ1) is 14.0. The van der Waals surface area contributed by atoms with E-state index in [1.807, 2.05) is 43.9 Å². The van der Waals surface area contributed by atoms with Crippen molar-refractivity contribution < 1.29 is 4.79 Å². The lowest BCUT2D eigenvalue weighted by Crippen LogP contribution is -2.37. The fourth-order valence-electron chi connectivity index (χ4n) is 3.23. The van der Waals surface area contributed by atoms with Crippen molar-refractivity contribution in [3.05, 3.63) is 41.6 Å². The highest BCUT2D eigenvalue weighted by molar-refractivity contribution is 5.82. The van der Waals surface area contributed by atoms with Crippen molar-refractivity contribution in [2.45, 2.75) is 45.3 Å². The van der Waals surface area contributed by atoms with E-state index in [4.69, 9.17) is 5.73 Å². The van der Waals surface area contributed by atoms with Crippen LogP contribution in [-0.2, 0) is 4.79 Å². The summed E-state index contributed by atoms with van der Waals surface area (Å²) in [5.41, 5.74) is 9.30. The van der Waals surface area contributed by atoms with Gasteiger partial charge in [0.05, 0.1) is 11.6 Å². The molecular formula is C17H21N3O. The van der Waals surface area contributed by atoms with Crippen LogP contribution in [-0.4, -0.2) is 27.9 Å². The second-order valence-electron chi connectivity index (χ2n) is 6.11. The minimum Gasteiger partial charge on any atom is -0.332 e. The van der Waals surface area contributed by atoms with Crippen LogP contribution in [0.5, 0.6) is 0 Å². The first-order valence-corrected chi connectivity index (χ1v) is 7.41. The highest BCUT2D eigenvalue weighted by Crippen LogP contribution is 2.34. The van der Waals surface area contributed by atoms with Crippen molar-refractivity contribution in [1.82, 2.24) is 9.88 Å². The standard InChI is InChI=1S/C17H21N3O/c1-10(2)20-16(21)9-14(18)17(20)13-6-7-15-12(8-13)5-4-11(3)19-15/h4-8,10,14,17H,9,18H2,1-3H3. The molecule has 1 aliphatic heterocycles. The second-order valence-corrected chi connectivity index (χ2v) is 6.11. The third-order valence-corrected chi connectivity index (χ3v) is 4.15. The lowest BCUT2D eigenvalue weighted by Gasteiger charge is -2.30. The molecule has 2 N–H and O–H groups in total. The lowest BCUT2D eigenvalue weighted by atomic mass is 9.98. The van der Waals surface area contributed by atoms with Gasteiger partial charge in [0, 0.05) is 29.6 Å². The molecule has 2 aromatic rings. The molecule has 1 amide bonds. The third-order valence-electron chi connectivity index (χ3n) is 4.15. The predicted molar refractivity (Wildman–Crippen MR) is 83.8 cm³/mol. The van der Waals surface area contributed by atoms with Crippen LogP contribution in [0.2, 0.25) is 0 Å². The van der Waals surface area contributed by atoms with Gasteiger partial charge in [-0.15, -0.1) is 0 Å². The smallest absolute Gasteiger partial charge is 0.225 e. The number of aromatic nitrogens is 1. The zero-order valence-electron chi connectivity index (χ0n) is 12.7. The number of fused-ring (bicyclic) bond motifs is 1. The fraction of sp³-hybridized carbons (Fsp3) is 0.412. The van der Waals surface area contributed by atoms with Crippen LogP contribution in [0.25, 0.3) is 10.9 Å². The molecule has 4 nitrogen and oxygen atoms in total. The summed E-state index contributed by atoms with van der Waals surface area (Å²) in [7, 11) is 0. The Balaban J connectivity index is 2.06. The van der Waals surface area contributed by atoms with Gasteiger partial charge in [0.15, 0.2) is 0 Å². The molecule has 3 rings (SSSR count). The van der Waals surface area contributed by atoms with Crippen LogP contribution in [0.1, 0.15) is 37.6 Å². The molecule has 0 bridgehead atoms. The topological polar surface area (TPSA) is 59.2 Å². The van der Waals surface area contributed by atoms with Crippen molar-refractivity contribution in [2.24, 2.45) is 5.73 Å². The summed E-state index contributed by atoms with van der Waals surface area (Å²) in [4.78, 5) is 18.6. The molecule has 4 heteroatoms. The number of nitrogens with zero attached hydrogens (tertiary/aromatic N) is 2. The number of hydrogen-bond donors (Lipinski definition) is 1. The van der Waals surface area contributed by atoms with Crippen molar-refractivity contribution in [3.63, 3.8) is 0 Å². The molecular weight excluding hydrogens is 262 g/mol. The van der Waals surface area contributed by atoms with Gasteiger partial charge in [0.25, 0.3) is 0 Å². The molecule has 21 heavy (non-hydrogen) atoms. The molecule has 1 aromatic carbocycles. The van der Waals surface area contributed by atoms with E-state index in [0.29, 0.717) is 6.42 Å². The number of hydrogen-bond acceptors (Lipinski definition) is 3. The summed E-state index contributed by atoms with van der Waals surface area (Å²) < 4.78 is 0. The molecule has 110 valence electrons. The molecule has 1 saturated heterocycles. The average molecular weight is 283 g/mol. The Morgan fingerprint density at radius 2 is 2.05 bits per heavy atom. The van der Waals surface area contributed by atoms with E-state index in [2.05, 4.69) is 17.1 Å². The maximum atomic E-state index is 12.2. The van der Waals surface area contributed by atoms with Crippen LogP contribution in [0.4, 0.5) is 0 Å². The predicted octanol–water partition coefficient (Wildman–Crippen LogP) is 2.55. The molecule has 0 aliphatic carbocycles. The van der Waals surface area contributed by atoms with Gasteiger partial charge in [-0.2, -0.15) is 0 Å². The fourth-order valence-corrected chi connectivity index (χ4v) is 3.23. The van der Waals surface area contributed by atoms with Crippen LogP contribution in [0.15, 0.2) is 30.3 Å². The van der Waals surface area contributed by atoms with Gasteiger partial charge in [-0.05, 0) is 44.5 Å². The molecule has 2 heterocycles. The molecule has 0 saturated carbocycles. The van der Waals surface area contributed by atoms with Gasteiger partial charge in [-0.3, -0.25) is 9.78 Å². The minimum absolute atomic E-state index is 0.0387. The van der Waals surface area contributed by atoms with E-state index in [1.54, 1.807) is 0 Å². The molecule has 1 fully saturated rings. The maximum absolute atomic E-state index is 12.2. The Kier molecular flexibility index (Phi) is 3.41. The third kappa shape index (κ3) is 2.40. The summed E-state index contributed by atoms with van der Waals surface area (Å²) in [5, 5.41) is 1.09. The van der Waals surface area contributed by atoms with Crippen molar-refractivity contribution in [3.8, 4) is 0 Å². The van der Waals surface area contributed by atoms with Crippen LogP contribution < -0.4 is 5.73 Å². The quantitative estimate of drug-likeness (QED) is 0.921. The number of benzene rings is 1. The second kappa shape index (κ2) is 5.11. The number of aryl methyl sites for hydroxylation is 1. The number of likely N-dealkylation sites (tertiary alicyclic amines) is 1. The number of nitrogens with two attached hydrogens (primary N) is 1. The van der Waals surface area contributed by atoms with Gasteiger partial charge in [-0.1, -0.05) is 12.1 Å². The summed E-state index contributed by atoms with van der Waals surface area (Å²) in [5.74, 6) is 0.143. The number of carbonyl (C=O) groups excluding carboxylic acids is 1. The molecule has 2 unspecified atom stereocenters. The summed E-state index contributed by atoms with van der Waals surface area (Å²) in [6, 6.07) is 10.2.